The van der Waals surface area contributed by atoms with Gasteiger partial charge in [0.2, 0.25) is 0 Å². The van der Waals surface area contributed by atoms with Gasteiger partial charge in [-0.05, 0) is 48.4 Å². The van der Waals surface area contributed by atoms with Gasteiger partial charge in [0.25, 0.3) is 5.91 Å². The molecule has 23 heavy (non-hydrogen) atoms. The molecule has 0 aromatic heterocycles. The van der Waals surface area contributed by atoms with Crippen LogP contribution in [-0.4, -0.2) is 31.8 Å². The average Bonchev–Trinajstić information content (AvgIpc) is 2.57. The van der Waals surface area contributed by atoms with Gasteiger partial charge in [0, 0.05) is 12.1 Å². The van der Waals surface area contributed by atoms with Gasteiger partial charge in [-0.25, -0.2) is 0 Å². The van der Waals surface area contributed by atoms with Crippen LogP contribution in [0.1, 0.15) is 15.9 Å². The molecule has 0 saturated heterocycles. The summed E-state index contributed by atoms with van der Waals surface area (Å²) < 4.78 is 10.5. The Labute approximate surface area is 139 Å². The lowest BCUT2D eigenvalue weighted by Crippen LogP contribution is -2.25. The van der Waals surface area contributed by atoms with Crippen LogP contribution in [0.4, 0.5) is 0 Å². The third kappa shape index (κ3) is 4.29. The van der Waals surface area contributed by atoms with Crippen molar-refractivity contribution in [1.29, 1.82) is 0 Å². The summed E-state index contributed by atoms with van der Waals surface area (Å²) in [5.41, 5.74) is 1.33. The van der Waals surface area contributed by atoms with Crippen molar-refractivity contribution in [3.8, 4) is 17.2 Å². The number of rotatable bonds is 6. The molecule has 0 heterocycles. The van der Waals surface area contributed by atoms with Crippen molar-refractivity contribution in [3.63, 3.8) is 0 Å². The zero-order valence-corrected chi connectivity index (χ0v) is 13.7. The Kier molecular flexibility index (Phi) is 5.71. The predicted octanol–water partition coefficient (Wildman–Crippen LogP) is 3.04. The summed E-state index contributed by atoms with van der Waals surface area (Å²) in [6.07, 6.45) is 0.595. The Hall–Kier alpha value is -2.40. The van der Waals surface area contributed by atoms with E-state index < -0.39 is 0 Å². The first-order valence-electron chi connectivity index (χ1n) is 7.02. The summed E-state index contributed by atoms with van der Waals surface area (Å²) in [7, 11) is 3.20. The molecule has 2 aromatic carbocycles. The van der Waals surface area contributed by atoms with Crippen LogP contribution in [0.3, 0.4) is 0 Å². The predicted molar refractivity (Wildman–Crippen MR) is 88.7 cm³/mol. The van der Waals surface area contributed by atoms with Crippen molar-refractivity contribution in [2.75, 3.05) is 20.8 Å². The highest BCUT2D eigenvalue weighted by Crippen LogP contribution is 2.25. The minimum Gasteiger partial charge on any atom is -0.506 e. The van der Waals surface area contributed by atoms with E-state index >= 15 is 0 Å². The molecule has 2 rings (SSSR count). The van der Waals surface area contributed by atoms with Gasteiger partial charge in [-0.2, -0.15) is 0 Å². The number of hydrogen-bond donors (Lipinski definition) is 2. The van der Waals surface area contributed by atoms with Crippen LogP contribution in [0.2, 0.25) is 5.02 Å². The molecule has 0 aliphatic carbocycles. The summed E-state index contributed by atoms with van der Waals surface area (Å²) in [6.45, 7) is 0.431. The first-order chi connectivity index (χ1) is 11.0. The van der Waals surface area contributed by atoms with Gasteiger partial charge >= 0.3 is 0 Å². The zero-order valence-electron chi connectivity index (χ0n) is 12.9. The van der Waals surface area contributed by atoms with E-state index in [0.29, 0.717) is 18.5 Å². The number of phenols is 1. The summed E-state index contributed by atoms with van der Waals surface area (Å²) in [5, 5.41) is 12.3. The number of amides is 1. The average molecular weight is 336 g/mol. The Morgan fingerprint density at radius 1 is 1.17 bits per heavy atom. The number of hydrogen-bond acceptors (Lipinski definition) is 4. The van der Waals surface area contributed by atoms with Crippen LogP contribution in [-0.2, 0) is 6.42 Å². The molecule has 1 amide bonds. The van der Waals surface area contributed by atoms with Crippen molar-refractivity contribution in [3.05, 3.63) is 52.5 Å². The lowest BCUT2D eigenvalue weighted by Gasteiger charge is -2.11. The SMILES string of the molecule is COc1ccc(OC)c(CCNC(=O)c2ccc(O)c(Cl)c2)c1. The minimum absolute atomic E-state index is 0.0515. The van der Waals surface area contributed by atoms with E-state index in [9.17, 15) is 9.90 Å². The van der Waals surface area contributed by atoms with Crippen LogP contribution in [0.15, 0.2) is 36.4 Å². The quantitative estimate of drug-likeness (QED) is 0.851. The molecular weight excluding hydrogens is 318 g/mol. The lowest BCUT2D eigenvalue weighted by atomic mass is 10.1. The van der Waals surface area contributed by atoms with Gasteiger partial charge in [-0.1, -0.05) is 11.6 Å². The van der Waals surface area contributed by atoms with Crippen molar-refractivity contribution in [1.82, 2.24) is 5.32 Å². The maximum Gasteiger partial charge on any atom is 0.251 e. The molecule has 122 valence electrons. The Morgan fingerprint density at radius 3 is 2.61 bits per heavy atom. The molecule has 0 saturated carbocycles. The summed E-state index contributed by atoms with van der Waals surface area (Å²) in [4.78, 5) is 12.1. The molecule has 0 spiro atoms. The van der Waals surface area contributed by atoms with Gasteiger partial charge in [0.05, 0.1) is 19.2 Å². The highest BCUT2D eigenvalue weighted by Gasteiger charge is 2.09. The lowest BCUT2D eigenvalue weighted by molar-refractivity contribution is 0.0954. The Morgan fingerprint density at radius 2 is 1.96 bits per heavy atom. The number of benzene rings is 2. The first-order valence-corrected chi connectivity index (χ1v) is 7.40. The van der Waals surface area contributed by atoms with Gasteiger partial charge < -0.3 is 19.9 Å². The van der Waals surface area contributed by atoms with Crippen molar-refractivity contribution in [2.24, 2.45) is 0 Å². The van der Waals surface area contributed by atoms with Crippen LogP contribution in [0, 0.1) is 0 Å². The van der Waals surface area contributed by atoms with Crippen LogP contribution in [0.25, 0.3) is 0 Å². The smallest absolute Gasteiger partial charge is 0.251 e. The normalized spacial score (nSPS) is 10.2. The van der Waals surface area contributed by atoms with Crippen LogP contribution in [0.5, 0.6) is 17.2 Å². The van der Waals surface area contributed by atoms with Crippen LogP contribution >= 0.6 is 11.6 Å². The highest BCUT2D eigenvalue weighted by atomic mass is 35.5. The van der Waals surface area contributed by atoms with E-state index in [1.165, 1.54) is 18.2 Å². The monoisotopic (exact) mass is 335 g/mol. The maximum atomic E-state index is 12.1. The first kappa shape index (κ1) is 17.0. The molecule has 6 heteroatoms. The van der Waals surface area contributed by atoms with Crippen molar-refractivity contribution < 1.29 is 19.4 Å². The third-order valence-electron chi connectivity index (χ3n) is 3.38. The van der Waals surface area contributed by atoms with Gasteiger partial charge in [0.15, 0.2) is 0 Å². The minimum atomic E-state index is -0.256. The number of ether oxygens (including phenoxy) is 2. The molecule has 0 bridgehead atoms. The molecule has 0 aliphatic heterocycles. The summed E-state index contributed by atoms with van der Waals surface area (Å²) >= 11 is 5.80. The zero-order chi connectivity index (χ0) is 16.8. The number of phenolic OH excluding ortho intramolecular Hbond substituents is 1. The molecular formula is C17H18ClNO4. The molecule has 0 atom stereocenters. The Bertz CT molecular complexity index is 703. The van der Waals surface area contributed by atoms with E-state index in [1.54, 1.807) is 14.2 Å². The topological polar surface area (TPSA) is 67.8 Å². The molecule has 2 aromatic rings. The fourth-order valence-corrected chi connectivity index (χ4v) is 2.32. The second kappa shape index (κ2) is 7.74. The molecule has 0 radical (unpaired) electrons. The number of nitrogens with one attached hydrogen (secondary N) is 1. The third-order valence-corrected chi connectivity index (χ3v) is 3.68. The Balaban J connectivity index is 1.99. The number of carbonyl (C=O) groups excluding carboxylic acids is 1. The summed E-state index contributed by atoms with van der Waals surface area (Å²) in [5.74, 6) is 1.17. The highest BCUT2D eigenvalue weighted by molar-refractivity contribution is 6.32. The maximum absolute atomic E-state index is 12.1. The molecule has 0 unspecified atom stereocenters. The fourth-order valence-electron chi connectivity index (χ4n) is 2.14. The number of methoxy groups -OCH3 is 2. The van der Waals surface area contributed by atoms with E-state index in [0.717, 1.165) is 17.1 Å². The van der Waals surface area contributed by atoms with Crippen LogP contribution < -0.4 is 14.8 Å². The van der Waals surface area contributed by atoms with Gasteiger partial charge in [-0.3, -0.25) is 4.79 Å². The fraction of sp³-hybridized carbons (Fsp3) is 0.235. The molecule has 0 fully saturated rings. The standard InChI is InChI=1S/C17H18ClNO4/c1-22-13-4-6-16(23-2)11(9-13)7-8-19-17(21)12-3-5-15(20)14(18)10-12/h3-6,9-10,20H,7-8H2,1-2H3,(H,19,21). The van der Waals surface area contributed by atoms with E-state index in [2.05, 4.69) is 5.32 Å². The molecule has 5 nitrogen and oxygen atoms in total. The summed E-state index contributed by atoms with van der Waals surface area (Å²) in [6, 6.07) is 9.86. The second-order valence-electron chi connectivity index (χ2n) is 4.85. The van der Waals surface area contributed by atoms with Gasteiger partial charge in [-0.15, -0.1) is 0 Å². The van der Waals surface area contributed by atoms with E-state index in [1.807, 2.05) is 18.2 Å². The number of aromatic hydroxyl groups is 1. The molecule has 2 N–H and O–H groups in total. The second-order valence-corrected chi connectivity index (χ2v) is 5.26. The number of carbonyl (C=O) groups is 1. The largest absolute Gasteiger partial charge is 0.506 e. The molecule has 0 aliphatic rings. The van der Waals surface area contributed by atoms with Crippen molar-refractivity contribution in [2.45, 2.75) is 6.42 Å². The van der Waals surface area contributed by atoms with Gasteiger partial charge in [0.1, 0.15) is 17.2 Å². The van der Waals surface area contributed by atoms with E-state index in [-0.39, 0.29) is 16.7 Å². The number of halogens is 1. The van der Waals surface area contributed by atoms with Crippen molar-refractivity contribution >= 4 is 17.5 Å². The van der Waals surface area contributed by atoms with E-state index in [4.69, 9.17) is 21.1 Å².